The lowest BCUT2D eigenvalue weighted by Crippen LogP contribution is -2.41. The number of nitrogens with zero attached hydrogens (tertiary/aromatic N) is 3. The molecule has 0 saturated carbocycles. The van der Waals surface area contributed by atoms with Gasteiger partial charge in [0.15, 0.2) is 9.84 Å². The zero-order chi connectivity index (χ0) is 12.5. The molecule has 0 aromatic carbocycles. The first-order chi connectivity index (χ1) is 8.02. The third-order valence-corrected chi connectivity index (χ3v) is 4.26. The summed E-state index contributed by atoms with van der Waals surface area (Å²) in [7, 11) is -2.93. The normalized spacial score (nSPS) is 18.6. The van der Waals surface area contributed by atoms with Crippen LogP contribution in [0, 0.1) is 11.3 Å². The fraction of sp³-hybridized carbons (Fsp3) is 0.400. The Balaban J connectivity index is 2.28. The number of nitrogen functional groups attached to an aromatic ring is 1. The molecule has 1 aromatic heterocycles. The molecule has 1 aliphatic rings. The molecule has 1 saturated heterocycles. The van der Waals surface area contributed by atoms with Gasteiger partial charge in [0.25, 0.3) is 0 Å². The summed E-state index contributed by atoms with van der Waals surface area (Å²) in [5.74, 6) is 0.713. The van der Waals surface area contributed by atoms with E-state index in [1.165, 1.54) is 6.20 Å². The van der Waals surface area contributed by atoms with Crippen LogP contribution in [0.25, 0.3) is 0 Å². The maximum atomic E-state index is 11.3. The highest BCUT2D eigenvalue weighted by molar-refractivity contribution is 7.91. The van der Waals surface area contributed by atoms with Crippen LogP contribution < -0.4 is 10.6 Å². The molecule has 2 N–H and O–H groups in total. The summed E-state index contributed by atoms with van der Waals surface area (Å²) >= 11 is 0. The van der Waals surface area contributed by atoms with Gasteiger partial charge in [-0.25, -0.2) is 13.4 Å². The predicted octanol–water partition coefficient (Wildman–Crippen LogP) is -0.230. The summed E-state index contributed by atoms with van der Waals surface area (Å²) in [5.41, 5.74) is 6.35. The summed E-state index contributed by atoms with van der Waals surface area (Å²) in [6.07, 6.45) is 1.47. The van der Waals surface area contributed by atoms with E-state index in [1.54, 1.807) is 11.0 Å². The summed E-state index contributed by atoms with van der Waals surface area (Å²) < 4.78 is 22.6. The average Bonchev–Trinajstić information content (AvgIpc) is 2.29. The maximum absolute atomic E-state index is 11.3. The Morgan fingerprint density at radius 3 is 2.65 bits per heavy atom. The van der Waals surface area contributed by atoms with Crippen LogP contribution in [0.4, 0.5) is 11.5 Å². The van der Waals surface area contributed by atoms with Crippen LogP contribution in [-0.2, 0) is 9.84 Å². The van der Waals surface area contributed by atoms with Crippen LogP contribution in [0.15, 0.2) is 12.3 Å². The van der Waals surface area contributed by atoms with Crippen molar-refractivity contribution >= 4 is 21.3 Å². The molecular formula is C10H12N4O2S. The number of rotatable bonds is 1. The zero-order valence-electron chi connectivity index (χ0n) is 9.13. The molecule has 2 heterocycles. The minimum Gasteiger partial charge on any atom is -0.397 e. The molecule has 0 spiro atoms. The maximum Gasteiger partial charge on any atom is 0.153 e. The molecule has 1 aliphatic heterocycles. The number of hydrogen-bond acceptors (Lipinski definition) is 6. The number of anilines is 2. The Hall–Kier alpha value is -1.81. The molecule has 0 atom stereocenters. The Labute approximate surface area is 99.6 Å². The van der Waals surface area contributed by atoms with Gasteiger partial charge in [0.1, 0.15) is 11.9 Å². The monoisotopic (exact) mass is 252 g/mol. The average molecular weight is 252 g/mol. The second kappa shape index (κ2) is 4.22. The highest BCUT2D eigenvalue weighted by atomic mass is 32.2. The van der Waals surface area contributed by atoms with Crippen LogP contribution in [0.5, 0.6) is 0 Å². The number of sulfone groups is 1. The lowest BCUT2D eigenvalue weighted by atomic mass is 10.2. The lowest BCUT2D eigenvalue weighted by Gasteiger charge is -2.28. The SMILES string of the molecule is N#Cc1cc(N)cnc1N1CCS(=O)(=O)CC1. The van der Waals surface area contributed by atoms with E-state index in [2.05, 4.69) is 4.98 Å². The third-order valence-electron chi connectivity index (χ3n) is 2.65. The van der Waals surface area contributed by atoms with E-state index in [4.69, 9.17) is 11.0 Å². The first-order valence-corrected chi connectivity index (χ1v) is 6.95. The van der Waals surface area contributed by atoms with Gasteiger partial charge < -0.3 is 10.6 Å². The highest BCUT2D eigenvalue weighted by Crippen LogP contribution is 2.20. The minimum absolute atomic E-state index is 0.101. The van der Waals surface area contributed by atoms with Crippen molar-refractivity contribution in [2.75, 3.05) is 35.2 Å². The van der Waals surface area contributed by atoms with Crippen molar-refractivity contribution in [1.29, 1.82) is 5.26 Å². The predicted molar refractivity (Wildman–Crippen MR) is 64.2 cm³/mol. The highest BCUT2D eigenvalue weighted by Gasteiger charge is 2.24. The van der Waals surface area contributed by atoms with Gasteiger partial charge >= 0.3 is 0 Å². The molecular weight excluding hydrogens is 240 g/mol. The van der Waals surface area contributed by atoms with E-state index < -0.39 is 9.84 Å². The molecule has 90 valence electrons. The van der Waals surface area contributed by atoms with Crippen molar-refractivity contribution in [1.82, 2.24) is 4.98 Å². The van der Waals surface area contributed by atoms with Gasteiger partial charge in [-0.2, -0.15) is 5.26 Å². The van der Waals surface area contributed by atoms with Crippen LogP contribution in [-0.4, -0.2) is 38.0 Å². The Kier molecular flexibility index (Phi) is 2.90. The summed E-state index contributed by atoms with van der Waals surface area (Å²) in [6.45, 7) is 0.738. The molecule has 0 radical (unpaired) electrons. The molecule has 17 heavy (non-hydrogen) atoms. The van der Waals surface area contributed by atoms with E-state index in [1.807, 2.05) is 6.07 Å². The van der Waals surface area contributed by atoms with Gasteiger partial charge in [-0.15, -0.1) is 0 Å². The molecule has 0 unspecified atom stereocenters. The van der Waals surface area contributed by atoms with Crippen molar-refractivity contribution in [3.8, 4) is 6.07 Å². The van der Waals surface area contributed by atoms with Crippen LogP contribution in [0.3, 0.4) is 0 Å². The molecule has 1 fully saturated rings. The van der Waals surface area contributed by atoms with E-state index >= 15 is 0 Å². The molecule has 7 heteroatoms. The van der Waals surface area contributed by atoms with E-state index in [0.717, 1.165) is 0 Å². The molecule has 0 bridgehead atoms. The fourth-order valence-corrected chi connectivity index (χ4v) is 2.93. The van der Waals surface area contributed by atoms with Crippen LogP contribution >= 0.6 is 0 Å². The molecule has 0 aliphatic carbocycles. The summed E-state index contributed by atoms with van der Waals surface area (Å²) in [6, 6.07) is 3.57. The van der Waals surface area contributed by atoms with Crippen molar-refractivity contribution in [2.45, 2.75) is 0 Å². The van der Waals surface area contributed by atoms with Gasteiger partial charge in [-0.1, -0.05) is 0 Å². The standard InChI is InChI=1S/C10H12N4O2S/c11-6-8-5-9(12)7-13-10(8)14-1-3-17(15,16)4-2-14/h5,7H,1-4,12H2. The number of nitrogens with two attached hydrogens (primary N) is 1. The largest absolute Gasteiger partial charge is 0.397 e. The van der Waals surface area contributed by atoms with E-state index in [9.17, 15) is 8.42 Å². The molecule has 2 rings (SSSR count). The molecule has 0 amide bonds. The van der Waals surface area contributed by atoms with E-state index in [0.29, 0.717) is 30.2 Å². The number of hydrogen-bond donors (Lipinski definition) is 1. The van der Waals surface area contributed by atoms with Crippen molar-refractivity contribution in [3.63, 3.8) is 0 Å². The number of pyridine rings is 1. The summed E-state index contributed by atoms with van der Waals surface area (Å²) in [5, 5.41) is 8.99. The minimum atomic E-state index is -2.93. The van der Waals surface area contributed by atoms with Crippen LogP contribution in [0.2, 0.25) is 0 Å². The zero-order valence-corrected chi connectivity index (χ0v) is 9.94. The van der Waals surface area contributed by atoms with Crippen molar-refractivity contribution < 1.29 is 8.42 Å². The molecule has 1 aromatic rings. The first-order valence-electron chi connectivity index (χ1n) is 5.13. The van der Waals surface area contributed by atoms with Gasteiger partial charge in [0.2, 0.25) is 0 Å². The summed E-state index contributed by atoms with van der Waals surface area (Å²) in [4.78, 5) is 5.91. The van der Waals surface area contributed by atoms with Gasteiger partial charge in [0, 0.05) is 13.1 Å². The smallest absolute Gasteiger partial charge is 0.153 e. The second-order valence-electron chi connectivity index (χ2n) is 3.89. The Bertz CT molecular complexity index is 562. The van der Waals surface area contributed by atoms with Gasteiger partial charge in [0.05, 0.1) is 29.0 Å². The third kappa shape index (κ3) is 2.47. The topological polar surface area (TPSA) is 100 Å². The second-order valence-corrected chi connectivity index (χ2v) is 6.19. The quantitative estimate of drug-likeness (QED) is 0.741. The van der Waals surface area contributed by atoms with Gasteiger partial charge in [-0.3, -0.25) is 0 Å². The van der Waals surface area contributed by atoms with Crippen molar-refractivity contribution in [3.05, 3.63) is 17.8 Å². The number of nitriles is 1. The number of aromatic nitrogens is 1. The fourth-order valence-electron chi connectivity index (χ4n) is 1.73. The Morgan fingerprint density at radius 1 is 1.41 bits per heavy atom. The van der Waals surface area contributed by atoms with E-state index in [-0.39, 0.29) is 11.5 Å². The molecule has 6 nitrogen and oxygen atoms in total. The lowest BCUT2D eigenvalue weighted by molar-refractivity contribution is 0.586. The Morgan fingerprint density at radius 2 is 2.06 bits per heavy atom. The van der Waals surface area contributed by atoms with Crippen molar-refractivity contribution in [2.24, 2.45) is 0 Å². The van der Waals surface area contributed by atoms with Crippen LogP contribution in [0.1, 0.15) is 5.56 Å². The van der Waals surface area contributed by atoms with Gasteiger partial charge in [-0.05, 0) is 6.07 Å². The first kappa shape index (κ1) is 11.7.